The average molecular weight is 544 g/mol. The molecule has 7 nitrogen and oxygen atoms in total. The molecule has 0 aliphatic rings. The van der Waals surface area contributed by atoms with Gasteiger partial charge in [-0.05, 0) is 41.8 Å². The number of methoxy groups -OCH3 is 1. The van der Waals surface area contributed by atoms with Gasteiger partial charge in [0.15, 0.2) is 5.13 Å². The molecular formula is C31H33N3O4S. The van der Waals surface area contributed by atoms with Crippen molar-refractivity contribution in [3.05, 3.63) is 101 Å². The maximum atomic E-state index is 12.8. The van der Waals surface area contributed by atoms with Gasteiger partial charge in [0.2, 0.25) is 0 Å². The Kier molecular flexibility index (Phi) is 9.69. The number of carboxylic acids is 1. The van der Waals surface area contributed by atoms with Gasteiger partial charge in [0, 0.05) is 36.0 Å². The number of ether oxygens (including phenoxy) is 1. The SMILES string of the molecule is CCCCN(Cc1ccc(C(=O)NC(Cc2ccccc2)C(=O)O)cc1)c1nc(-c2ccccc2OC)cs1. The van der Waals surface area contributed by atoms with Crippen molar-refractivity contribution in [2.75, 3.05) is 18.6 Å². The second kappa shape index (κ2) is 13.6. The Morgan fingerprint density at radius 3 is 2.41 bits per heavy atom. The topological polar surface area (TPSA) is 91.8 Å². The lowest BCUT2D eigenvalue weighted by atomic mass is 10.1. The molecule has 1 amide bonds. The number of aliphatic carboxylic acids is 1. The molecule has 0 aliphatic carbocycles. The number of carboxylic acid groups (broad SMARTS) is 1. The van der Waals surface area contributed by atoms with E-state index in [4.69, 9.17) is 9.72 Å². The fraction of sp³-hybridized carbons (Fsp3) is 0.258. The van der Waals surface area contributed by atoms with Crippen LogP contribution in [0.15, 0.2) is 84.2 Å². The number of anilines is 1. The number of nitrogens with zero attached hydrogens (tertiary/aromatic N) is 2. The summed E-state index contributed by atoms with van der Waals surface area (Å²) in [5, 5.41) is 15.3. The Bertz CT molecular complexity index is 1370. The molecule has 0 saturated heterocycles. The second-order valence-corrected chi connectivity index (χ2v) is 10.1. The van der Waals surface area contributed by atoms with E-state index in [2.05, 4.69) is 17.1 Å². The fourth-order valence-electron chi connectivity index (χ4n) is 4.25. The smallest absolute Gasteiger partial charge is 0.326 e. The summed E-state index contributed by atoms with van der Waals surface area (Å²) >= 11 is 1.60. The van der Waals surface area contributed by atoms with Crippen LogP contribution in [0.25, 0.3) is 11.3 Å². The summed E-state index contributed by atoms with van der Waals surface area (Å²) in [7, 11) is 1.66. The molecule has 0 bridgehead atoms. The number of nitrogens with one attached hydrogen (secondary N) is 1. The van der Waals surface area contributed by atoms with Gasteiger partial charge in [-0.15, -0.1) is 11.3 Å². The summed E-state index contributed by atoms with van der Waals surface area (Å²) in [6.45, 7) is 3.67. The van der Waals surface area contributed by atoms with Crippen molar-refractivity contribution in [2.45, 2.75) is 38.8 Å². The molecule has 39 heavy (non-hydrogen) atoms. The third-order valence-electron chi connectivity index (χ3n) is 6.40. The zero-order valence-corrected chi connectivity index (χ0v) is 23.0. The van der Waals surface area contributed by atoms with Crippen molar-refractivity contribution in [1.29, 1.82) is 0 Å². The first-order valence-corrected chi connectivity index (χ1v) is 13.9. The lowest BCUT2D eigenvalue weighted by Crippen LogP contribution is -2.42. The van der Waals surface area contributed by atoms with Crippen molar-refractivity contribution < 1.29 is 19.4 Å². The molecule has 0 spiro atoms. The van der Waals surface area contributed by atoms with Crippen LogP contribution in [0.4, 0.5) is 5.13 Å². The van der Waals surface area contributed by atoms with E-state index in [1.54, 1.807) is 30.6 Å². The lowest BCUT2D eigenvalue weighted by Gasteiger charge is -2.22. The van der Waals surface area contributed by atoms with E-state index < -0.39 is 17.9 Å². The molecule has 2 N–H and O–H groups in total. The fourth-order valence-corrected chi connectivity index (χ4v) is 5.11. The molecule has 202 valence electrons. The van der Waals surface area contributed by atoms with E-state index in [1.807, 2.05) is 72.1 Å². The molecule has 0 aliphatic heterocycles. The van der Waals surface area contributed by atoms with Crippen LogP contribution < -0.4 is 15.0 Å². The van der Waals surface area contributed by atoms with Crippen LogP contribution in [0.5, 0.6) is 5.75 Å². The molecule has 0 fully saturated rings. The number of unbranched alkanes of at least 4 members (excludes halogenated alkanes) is 1. The average Bonchev–Trinajstić information content (AvgIpc) is 3.45. The van der Waals surface area contributed by atoms with E-state index in [-0.39, 0.29) is 6.42 Å². The predicted molar refractivity (Wildman–Crippen MR) is 156 cm³/mol. The number of aromatic nitrogens is 1. The molecular weight excluding hydrogens is 510 g/mol. The first kappa shape index (κ1) is 27.9. The van der Waals surface area contributed by atoms with E-state index in [9.17, 15) is 14.7 Å². The molecule has 4 aromatic rings. The van der Waals surface area contributed by atoms with E-state index in [0.717, 1.165) is 52.7 Å². The van der Waals surface area contributed by atoms with Gasteiger partial charge >= 0.3 is 5.97 Å². The standard InChI is InChI=1S/C31H33N3O4S/c1-3-4-18-34(31-33-27(21-39-31)25-12-8-9-13-28(25)38-2)20-23-14-16-24(17-15-23)29(35)32-26(30(36)37)19-22-10-6-5-7-11-22/h5-17,21,26H,3-4,18-20H2,1-2H3,(H,32,35)(H,36,37). The van der Waals surface area contributed by atoms with Gasteiger partial charge in [-0.2, -0.15) is 0 Å². The number of hydrogen-bond donors (Lipinski definition) is 2. The van der Waals surface area contributed by atoms with Crippen molar-refractivity contribution in [3.63, 3.8) is 0 Å². The second-order valence-electron chi connectivity index (χ2n) is 9.24. The summed E-state index contributed by atoms with van der Waals surface area (Å²) in [4.78, 5) is 31.8. The van der Waals surface area contributed by atoms with Crippen molar-refractivity contribution in [2.24, 2.45) is 0 Å². The van der Waals surface area contributed by atoms with Gasteiger partial charge in [0.1, 0.15) is 11.8 Å². The molecule has 1 unspecified atom stereocenters. The third-order valence-corrected chi connectivity index (χ3v) is 7.30. The first-order valence-electron chi connectivity index (χ1n) is 13.0. The van der Waals surface area contributed by atoms with Gasteiger partial charge in [-0.25, -0.2) is 9.78 Å². The number of thiazole rings is 1. The van der Waals surface area contributed by atoms with Crippen LogP contribution in [0.2, 0.25) is 0 Å². The van der Waals surface area contributed by atoms with Crippen LogP contribution in [0, 0.1) is 0 Å². The summed E-state index contributed by atoms with van der Waals surface area (Å²) in [6, 6.07) is 23.4. The van der Waals surface area contributed by atoms with E-state index in [0.29, 0.717) is 12.1 Å². The minimum Gasteiger partial charge on any atom is -0.496 e. The highest BCUT2D eigenvalue weighted by atomic mass is 32.1. The number of amides is 1. The summed E-state index contributed by atoms with van der Waals surface area (Å²) in [5.74, 6) is -0.683. The first-order chi connectivity index (χ1) is 19.0. The Morgan fingerprint density at radius 2 is 1.72 bits per heavy atom. The van der Waals surface area contributed by atoms with Crippen LogP contribution in [-0.2, 0) is 17.8 Å². The normalized spacial score (nSPS) is 11.5. The van der Waals surface area contributed by atoms with Crippen LogP contribution in [0.1, 0.15) is 41.3 Å². The highest BCUT2D eigenvalue weighted by Gasteiger charge is 2.21. The largest absolute Gasteiger partial charge is 0.496 e. The Balaban J connectivity index is 1.45. The van der Waals surface area contributed by atoms with Gasteiger partial charge in [0.05, 0.1) is 12.8 Å². The maximum absolute atomic E-state index is 12.8. The highest BCUT2D eigenvalue weighted by molar-refractivity contribution is 7.14. The number of carbonyl (C=O) groups is 2. The minimum atomic E-state index is -1.06. The number of benzene rings is 3. The molecule has 3 aromatic carbocycles. The number of rotatable bonds is 13. The molecule has 0 radical (unpaired) electrons. The minimum absolute atomic E-state index is 0.219. The molecule has 1 atom stereocenters. The number of carbonyl (C=O) groups excluding carboxylic acids is 1. The highest BCUT2D eigenvalue weighted by Crippen LogP contribution is 2.33. The zero-order valence-electron chi connectivity index (χ0n) is 22.2. The lowest BCUT2D eigenvalue weighted by molar-refractivity contribution is -0.139. The Labute approximate surface area is 233 Å². The maximum Gasteiger partial charge on any atom is 0.326 e. The zero-order chi connectivity index (χ0) is 27.6. The summed E-state index contributed by atoms with van der Waals surface area (Å²) in [5.41, 5.74) is 4.15. The quantitative estimate of drug-likeness (QED) is 0.213. The van der Waals surface area contributed by atoms with Crippen molar-refractivity contribution in [3.8, 4) is 17.0 Å². The monoisotopic (exact) mass is 543 g/mol. The van der Waals surface area contributed by atoms with Gasteiger partial charge < -0.3 is 20.1 Å². The molecule has 0 saturated carbocycles. The van der Waals surface area contributed by atoms with Gasteiger partial charge in [-0.1, -0.05) is 67.9 Å². The predicted octanol–water partition coefficient (Wildman–Crippen LogP) is 6.05. The van der Waals surface area contributed by atoms with Crippen LogP contribution >= 0.6 is 11.3 Å². The van der Waals surface area contributed by atoms with E-state index in [1.165, 1.54) is 0 Å². The summed E-state index contributed by atoms with van der Waals surface area (Å²) < 4.78 is 5.51. The number of para-hydroxylation sites is 1. The van der Waals surface area contributed by atoms with Gasteiger partial charge in [0.25, 0.3) is 5.91 Å². The molecule has 8 heteroatoms. The molecule has 1 aromatic heterocycles. The van der Waals surface area contributed by atoms with Crippen molar-refractivity contribution in [1.82, 2.24) is 10.3 Å². The summed E-state index contributed by atoms with van der Waals surface area (Å²) in [6.07, 6.45) is 2.31. The molecule has 4 rings (SSSR count). The Hall–Kier alpha value is -4.17. The van der Waals surface area contributed by atoms with Crippen LogP contribution in [0.3, 0.4) is 0 Å². The third kappa shape index (κ3) is 7.45. The number of hydrogen-bond acceptors (Lipinski definition) is 6. The molecule has 1 heterocycles. The van der Waals surface area contributed by atoms with Gasteiger partial charge in [-0.3, -0.25) is 4.79 Å². The Morgan fingerprint density at radius 1 is 1.00 bits per heavy atom. The van der Waals surface area contributed by atoms with Crippen molar-refractivity contribution >= 4 is 28.3 Å². The van der Waals surface area contributed by atoms with Crippen LogP contribution in [-0.4, -0.2) is 41.7 Å². The van der Waals surface area contributed by atoms with E-state index >= 15 is 0 Å².